The number of benzene rings is 2. The molecule has 2 atom stereocenters. The smallest absolute Gasteiger partial charge is 0.311 e. The second kappa shape index (κ2) is 10.1. The lowest BCUT2D eigenvalue weighted by Gasteiger charge is -2.19. The predicted molar refractivity (Wildman–Crippen MR) is 110 cm³/mol. The third kappa shape index (κ3) is 5.87. The Morgan fingerprint density at radius 3 is 2.48 bits per heavy atom. The minimum atomic E-state index is -0.797. The standard InChI is InChI=1S/C23H24F2N2O4/c1-2-31-23(30)16(8-15-6-4-3-5-7-15)13-26-22(29)17-9-21(28)27(14-17)20-11-18(24)10-19(25)12-20/h3-7,10-12,16-17H,2,8-9,13-14H2,1H3,(H,26,29). The van der Waals surface area contributed by atoms with Crippen molar-refractivity contribution < 1.29 is 27.9 Å². The summed E-state index contributed by atoms with van der Waals surface area (Å²) in [6, 6.07) is 12.2. The van der Waals surface area contributed by atoms with Crippen molar-refractivity contribution in [2.45, 2.75) is 19.8 Å². The average molecular weight is 430 g/mol. The molecule has 1 saturated heterocycles. The Kier molecular flexibility index (Phi) is 7.33. The van der Waals surface area contributed by atoms with Gasteiger partial charge in [0, 0.05) is 31.3 Å². The largest absolute Gasteiger partial charge is 0.466 e. The molecule has 2 aromatic rings. The van der Waals surface area contributed by atoms with E-state index in [-0.39, 0.29) is 31.8 Å². The zero-order chi connectivity index (χ0) is 22.4. The summed E-state index contributed by atoms with van der Waals surface area (Å²) in [6.07, 6.45) is 0.324. The molecule has 3 rings (SSSR count). The fourth-order valence-electron chi connectivity index (χ4n) is 3.59. The fraction of sp³-hybridized carbons (Fsp3) is 0.348. The van der Waals surface area contributed by atoms with E-state index in [0.717, 1.165) is 23.8 Å². The van der Waals surface area contributed by atoms with Gasteiger partial charge in [-0.2, -0.15) is 0 Å². The highest BCUT2D eigenvalue weighted by Crippen LogP contribution is 2.26. The normalized spacial score (nSPS) is 16.8. The molecule has 1 heterocycles. The highest BCUT2D eigenvalue weighted by Gasteiger charge is 2.36. The first-order chi connectivity index (χ1) is 14.9. The van der Waals surface area contributed by atoms with Crippen LogP contribution in [-0.4, -0.2) is 37.5 Å². The Morgan fingerprint density at radius 1 is 1.16 bits per heavy atom. The first-order valence-corrected chi connectivity index (χ1v) is 10.1. The molecule has 1 N–H and O–H groups in total. The molecule has 1 aliphatic rings. The number of rotatable bonds is 8. The van der Waals surface area contributed by atoms with E-state index in [1.165, 1.54) is 4.90 Å². The summed E-state index contributed by atoms with van der Waals surface area (Å²) in [5.41, 5.74) is 1.01. The fourth-order valence-corrected chi connectivity index (χ4v) is 3.59. The van der Waals surface area contributed by atoms with Gasteiger partial charge in [0.15, 0.2) is 0 Å². The van der Waals surface area contributed by atoms with E-state index in [0.29, 0.717) is 6.42 Å². The monoisotopic (exact) mass is 430 g/mol. The molecule has 0 aliphatic carbocycles. The topological polar surface area (TPSA) is 75.7 Å². The van der Waals surface area contributed by atoms with E-state index in [4.69, 9.17) is 4.74 Å². The van der Waals surface area contributed by atoms with Gasteiger partial charge in [-0.3, -0.25) is 14.4 Å². The number of hydrogen-bond donors (Lipinski definition) is 1. The Bertz CT molecular complexity index is 932. The number of anilines is 1. The number of nitrogens with one attached hydrogen (secondary N) is 1. The quantitative estimate of drug-likeness (QED) is 0.654. The van der Waals surface area contributed by atoms with Crippen molar-refractivity contribution in [3.05, 3.63) is 65.7 Å². The van der Waals surface area contributed by atoms with Crippen LogP contribution in [0.25, 0.3) is 0 Å². The zero-order valence-electron chi connectivity index (χ0n) is 17.1. The first kappa shape index (κ1) is 22.4. The molecule has 164 valence electrons. The maximum atomic E-state index is 13.5. The number of ether oxygens (including phenoxy) is 1. The lowest BCUT2D eigenvalue weighted by molar-refractivity contribution is -0.148. The molecule has 0 spiro atoms. The summed E-state index contributed by atoms with van der Waals surface area (Å²) in [7, 11) is 0. The molecule has 1 fully saturated rings. The van der Waals surface area contributed by atoms with Gasteiger partial charge in [-0.05, 0) is 31.0 Å². The highest BCUT2D eigenvalue weighted by atomic mass is 19.1. The summed E-state index contributed by atoms with van der Waals surface area (Å²) in [4.78, 5) is 38.5. The summed E-state index contributed by atoms with van der Waals surface area (Å²) in [5.74, 6) is -4.05. The second-order valence-corrected chi connectivity index (χ2v) is 7.42. The van der Waals surface area contributed by atoms with Gasteiger partial charge in [-0.25, -0.2) is 8.78 Å². The second-order valence-electron chi connectivity index (χ2n) is 7.42. The van der Waals surface area contributed by atoms with Crippen LogP contribution in [-0.2, 0) is 25.5 Å². The van der Waals surface area contributed by atoms with Crippen molar-refractivity contribution in [3.8, 4) is 0 Å². The molecular formula is C23H24F2N2O4. The van der Waals surface area contributed by atoms with Crippen molar-refractivity contribution in [3.63, 3.8) is 0 Å². The van der Waals surface area contributed by atoms with Crippen molar-refractivity contribution in [1.82, 2.24) is 5.32 Å². The first-order valence-electron chi connectivity index (χ1n) is 10.1. The molecule has 0 aromatic heterocycles. The van der Waals surface area contributed by atoms with E-state index in [9.17, 15) is 23.2 Å². The Hall–Kier alpha value is -3.29. The van der Waals surface area contributed by atoms with Crippen molar-refractivity contribution >= 4 is 23.5 Å². The van der Waals surface area contributed by atoms with Gasteiger partial charge in [-0.1, -0.05) is 30.3 Å². The molecule has 8 heteroatoms. The van der Waals surface area contributed by atoms with Gasteiger partial charge in [0.1, 0.15) is 11.6 Å². The van der Waals surface area contributed by atoms with E-state index < -0.39 is 41.3 Å². The summed E-state index contributed by atoms with van der Waals surface area (Å²) >= 11 is 0. The minimum absolute atomic E-state index is 0.0102. The number of carbonyl (C=O) groups excluding carboxylic acids is 3. The predicted octanol–water partition coefficient (Wildman–Crippen LogP) is 2.86. The third-order valence-electron chi connectivity index (χ3n) is 5.12. The molecule has 0 radical (unpaired) electrons. The third-order valence-corrected chi connectivity index (χ3v) is 5.12. The molecule has 2 aromatic carbocycles. The van der Waals surface area contributed by atoms with Gasteiger partial charge < -0.3 is 15.0 Å². The van der Waals surface area contributed by atoms with Crippen LogP contribution < -0.4 is 10.2 Å². The lowest BCUT2D eigenvalue weighted by atomic mass is 9.98. The number of amides is 2. The summed E-state index contributed by atoms with van der Waals surface area (Å²) in [6.45, 7) is 2.01. The molecule has 2 amide bonds. The van der Waals surface area contributed by atoms with E-state index in [1.54, 1.807) is 6.92 Å². The summed E-state index contributed by atoms with van der Waals surface area (Å²) < 4.78 is 32.1. The zero-order valence-corrected chi connectivity index (χ0v) is 17.1. The number of hydrogen-bond acceptors (Lipinski definition) is 4. The van der Waals surface area contributed by atoms with Crippen molar-refractivity contribution in [1.29, 1.82) is 0 Å². The van der Waals surface area contributed by atoms with Crippen LogP contribution in [0, 0.1) is 23.5 Å². The van der Waals surface area contributed by atoms with Crippen LogP contribution in [0.1, 0.15) is 18.9 Å². The van der Waals surface area contributed by atoms with Gasteiger partial charge in [0.25, 0.3) is 0 Å². The molecule has 6 nitrogen and oxygen atoms in total. The number of nitrogens with zero attached hydrogens (tertiary/aromatic N) is 1. The van der Waals surface area contributed by atoms with E-state index >= 15 is 0 Å². The van der Waals surface area contributed by atoms with Crippen LogP contribution in [0.2, 0.25) is 0 Å². The molecule has 0 saturated carbocycles. The van der Waals surface area contributed by atoms with Crippen LogP contribution >= 0.6 is 0 Å². The van der Waals surface area contributed by atoms with Gasteiger partial charge in [0.2, 0.25) is 11.8 Å². The minimum Gasteiger partial charge on any atom is -0.466 e. The molecule has 0 bridgehead atoms. The Balaban J connectivity index is 1.62. The maximum absolute atomic E-state index is 13.5. The van der Waals surface area contributed by atoms with Gasteiger partial charge >= 0.3 is 5.97 Å². The molecule has 1 aliphatic heterocycles. The van der Waals surface area contributed by atoms with Gasteiger partial charge in [0.05, 0.1) is 18.4 Å². The number of carbonyl (C=O) groups is 3. The lowest BCUT2D eigenvalue weighted by Crippen LogP contribution is -2.39. The van der Waals surface area contributed by atoms with Crippen molar-refractivity contribution in [2.24, 2.45) is 11.8 Å². The number of halogens is 2. The van der Waals surface area contributed by atoms with Crippen LogP contribution in [0.4, 0.5) is 14.5 Å². The van der Waals surface area contributed by atoms with E-state index in [1.807, 2.05) is 30.3 Å². The maximum Gasteiger partial charge on any atom is 0.311 e. The summed E-state index contributed by atoms with van der Waals surface area (Å²) in [5, 5.41) is 2.73. The Morgan fingerprint density at radius 2 is 1.84 bits per heavy atom. The van der Waals surface area contributed by atoms with Crippen LogP contribution in [0.3, 0.4) is 0 Å². The van der Waals surface area contributed by atoms with E-state index in [2.05, 4.69) is 5.32 Å². The molecule has 2 unspecified atom stereocenters. The van der Waals surface area contributed by atoms with Crippen LogP contribution in [0.15, 0.2) is 48.5 Å². The van der Waals surface area contributed by atoms with Crippen molar-refractivity contribution in [2.75, 3.05) is 24.6 Å². The Labute approximate surface area is 179 Å². The number of esters is 1. The average Bonchev–Trinajstić information content (AvgIpc) is 3.13. The highest BCUT2D eigenvalue weighted by molar-refractivity contribution is 6.00. The molecule has 31 heavy (non-hydrogen) atoms. The van der Waals surface area contributed by atoms with Crippen LogP contribution in [0.5, 0.6) is 0 Å². The van der Waals surface area contributed by atoms with Gasteiger partial charge in [-0.15, -0.1) is 0 Å². The SMILES string of the molecule is CCOC(=O)C(CNC(=O)C1CC(=O)N(c2cc(F)cc(F)c2)C1)Cc1ccccc1. The molecular weight excluding hydrogens is 406 g/mol.